The molecule has 2 aliphatic rings. The zero-order valence-corrected chi connectivity index (χ0v) is 23.2. The number of hydrogen-bond donors (Lipinski definition) is 0. The van der Waals surface area contributed by atoms with Crippen molar-refractivity contribution in [2.75, 3.05) is 51.9 Å². The second kappa shape index (κ2) is 13.3. The predicted octanol–water partition coefficient (Wildman–Crippen LogP) is 5.68. The Kier molecular flexibility index (Phi) is 9.88. The van der Waals surface area contributed by atoms with Gasteiger partial charge < -0.3 is 33.5 Å². The second-order valence-corrected chi connectivity index (χ2v) is 10.6. The maximum Gasteiger partial charge on any atom is 0.410 e. The van der Waals surface area contributed by atoms with Crippen molar-refractivity contribution >= 4 is 11.8 Å². The summed E-state index contributed by atoms with van der Waals surface area (Å²) < 4.78 is 28.7. The van der Waals surface area contributed by atoms with Gasteiger partial charge in [-0.25, -0.2) is 4.79 Å². The number of unbranched alkanes of at least 4 members (excludes halogenated alkanes) is 3. The van der Waals surface area contributed by atoms with Gasteiger partial charge in [-0.3, -0.25) is 0 Å². The predicted molar refractivity (Wildman–Crippen MR) is 146 cm³/mol. The second-order valence-electron chi connectivity index (χ2n) is 10.6. The molecule has 0 aliphatic carbocycles. The van der Waals surface area contributed by atoms with Crippen LogP contribution in [0.25, 0.3) is 0 Å². The molecule has 0 bridgehead atoms. The van der Waals surface area contributed by atoms with Crippen LogP contribution < -0.4 is 9.64 Å². The minimum Gasteiger partial charge on any atom is -0.463 e. The molecule has 2 aromatic rings. The van der Waals surface area contributed by atoms with Crippen LogP contribution in [0.3, 0.4) is 0 Å². The highest BCUT2D eigenvalue weighted by molar-refractivity contribution is 5.70. The lowest BCUT2D eigenvalue weighted by Gasteiger charge is -2.32. The van der Waals surface area contributed by atoms with Gasteiger partial charge in [0, 0.05) is 52.3 Å². The number of carbonyl (C=O) groups excluding carboxylic acids is 1. The molecule has 2 aromatic carbocycles. The van der Waals surface area contributed by atoms with Crippen molar-refractivity contribution in [1.82, 2.24) is 4.90 Å². The molecule has 0 radical (unpaired) electrons. The molecule has 1 saturated heterocycles. The molecular weight excluding hydrogens is 484 g/mol. The van der Waals surface area contributed by atoms with Gasteiger partial charge in [-0.15, -0.1) is 0 Å². The number of nitrogens with zero attached hydrogens (tertiary/aromatic N) is 2. The normalized spacial score (nSPS) is 18.2. The Hall–Kier alpha value is -2.81. The first kappa shape index (κ1) is 28.2. The van der Waals surface area contributed by atoms with E-state index in [4.69, 9.17) is 23.7 Å². The molecule has 4 rings (SSSR count). The van der Waals surface area contributed by atoms with E-state index >= 15 is 0 Å². The number of rotatable bonds is 14. The quantitative estimate of drug-likeness (QED) is 0.293. The fraction of sp³-hybridized carbons (Fsp3) is 0.567. The van der Waals surface area contributed by atoms with E-state index in [1.807, 2.05) is 51.0 Å². The van der Waals surface area contributed by atoms with Gasteiger partial charge in [0.1, 0.15) is 11.9 Å². The van der Waals surface area contributed by atoms with Crippen molar-refractivity contribution in [2.24, 2.45) is 0 Å². The van der Waals surface area contributed by atoms with E-state index < -0.39 is 5.79 Å². The number of carbonyl (C=O) groups is 1. The first-order valence-electron chi connectivity index (χ1n) is 13.6. The highest BCUT2D eigenvalue weighted by Crippen LogP contribution is 2.35. The van der Waals surface area contributed by atoms with Crippen LogP contribution in [-0.2, 0) is 32.2 Å². The van der Waals surface area contributed by atoms with Gasteiger partial charge in [0.2, 0.25) is 5.79 Å². The zero-order valence-electron chi connectivity index (χ0n) is 23.2. The van der Waals surface area contributed by atoms with Gasteiger partial charge in [-0.1, -0.05) is 31.0 Å². The van der Waals surface area contributed by atoms with Gasteiger partial charge in [0.25, 0.3) is 0 Å². The summed E-state index contributed by atoms with van der Waals surface area (Å²) in [6, 6.07) is 14.3. The van der Waals surface area contributed by atoms with E-state index in [0.717, 1.165) is 49.2 Å². The molecular formula is C30H42N2O6. The number of fused-ring (bicyclic) bond motifs is 1. The van der Waals surface area contributed by atoms with Crippen molar-refractivity contribution < 1.29 is 28.5 Å². The third kappa shape index (κ3) is 8.09. The zero-order chi connectivity index (χ0) is 27.0. The average molecular weight is 527 g/mol. The summed E-state index contributed by atoms with van der Waals surface area (Å²) in [7, 11) is 4.07. The number of cyclic esters (lactones) is 1. The van der Waals surface area contributed by atoms with Gasteiger partial charge in [0.15, 0.2) is 0 Å². The molecule has 8 nitrogen and oxygen atoms in total. The van der Waals surface area contributed by atoms with E-state index in [0.29, 0.717) is 39.5 Å². The lowest BCUT2D eigenvalue weighted by atomic mass is 10.0. The molecule has 38 heavy (non-hydrogen) atoms. The van der Waals surface area contributed by atoms with E-state index in [-0.39, 0.29) is 12.2 Å². The maximum atomic E-state index is 12.4. The molecule has 0 saturated carbocycles. The number of ether oxygens (including phenoxy) is 5. The monoisotopic (exact) mass is 526 g/mol. The summed E-state index contributed by atoms with van der Waals surface area (Å²) in [6.45, 7) is 8.10. The summed E-state index contributed by atoms with van der Waals surface area (Å²) in [5, 5.41) is 0. The Morgan fingerprint density at radius 3 is 2.66 bits per heavy atom. The molecule has 2 aliphatic heterocycles. The van der Waals surface area contributed by atoms with E-state index in [1.165, 1.54) is 11.3 Å². The third-order valence-corrected chi connectivity index (χ3v) is 6.81. The molecule has 0 spiro atoms. The fourth-order valence-electron chi connectivity index (χ4n) is 4.62. The van der Waals surface area contributed by atoms with Gasteiger partial charge in [0.05, 0.1) is 33.0 Å². The minimum absolute atomic E-state index is 0.238. The number of benzene rings is 2. The third-order valence-electron chi connectivity index (χ3n) is 6.81. The molecule has 8 heteroatoms. The first-order valence-corrected chi connectivity index (χ1v) is 13.6. The standard InChI is InChI=1S/C30H42N2O6/c1-30(2)36-22-25-19-24(12-13-27(25)38-30)28-20-32(29(33)37-28)14-7-5-6-8-15-34-16-17-35-21-23-10-9-11-26(18-23)31(3)4/h9-13,18-19,28H,5-8,14-17,20-22H2,1-4H3/t28-/m0/s1. The average Bonchev–Trinajstić information content (AvgIpc) is 3.26. The Morgan fingerprint density at radius 2 is 1.82 bits per heavy atom. The van der Waals surface area contributed by atoms with E-state index in [2.05, 4.69) is 29.2 Å². The molecule has 0 unspecified atom stereocenters. The van der Waals surface area contributed by atoms with Crippen LogP contribution in [0.4, 0.5) is 10.5 Å². The Balaban J connectivity index is 1.04. The molecule has 2 heterocycles. The van der Waals surface area contributed by atoms with Crippen molar-refractivity contribution in [1.29, 1.82) is 0 Å². The minimum atomic E-state index is -0.620. The van der Waals surface area contributed by atoms with E-state index in [9.17, 15) is 4.79 Å². The van der Waals surface area contributed by atoms with Crippen LogP contribution >= 0.6 is 0 Å². The van der Waals surface area contributed by atoms with Crippen molar-refractivity contribution in [3.8, 4) is 5.75 Å². The first-order chi connectivity index (χ1) is 18.3. The number of amides is 1. The van der Waals surface area contributed by atoms with Gasteiger partial charge in [-0.05, 0) is 48.2 Å². The van der Waals surface area contributed by atoms with Gasteiger partial charge >= 0.3 is 6.09 Å². The Bertz CT molecular complexity index is 1060. The molecule has 1 atom stereocenters. The van der Waals surface area contributed by atoms with Crippen molar-refractivity contribution in [2.45, 2.75) is 64.6 Å². The van der Waals surface area contributed by atoms with Crippen molar-refractivity contribution in [3.05, 3.63) is 59.2 Å². The topological polar surface area (TPSA) is 69.7 Å². The summed E-state index contributed by atoms with van der Waals surface area (Å²) >= 11 is 0. The van der Waals surface area contributed by atoms with Crippen LogP contribution in [0.5, 0.6) is 5.75 Å². The lowest BCUT2D eigenvalue weighted by molar-refractivity contribution is -0.180. The van der Waals surface area contributed by atoms with Crippen LogP contribution in [0.2, 0.25) is 0 Å². The van der Waals surface area contributed by atoms with Gasteiger partial charge in [-0.2, -0.15) is 0 Å². The summed E-state index contributed by atoms with van der Waals surface area (Å²) in [4.78, 5) is 16.3. The molecule has 0 N–H and O–H groups in total. The molecule has 0 aromatic heterocycles. The summed E-state index contributed by atoms with van der Waals surface area (Å²) in [6.07, 6.45) is 3.60. The Labute approximate surface area is 226 Å². The SMILES string of the molecule is CN(C)c1cccc(COCCOCCCCCCN2C[C@@H](c3ccc4c(c3)COC(C)(C)O4)OC2=O)c1. The fourth-order valence-corrected chi connectivity index (χ4v) is 4.62. The largest absolute Gasteiger partial charge is 0.463 e. The molecule has 1 fully saturated rings. The van der Waals surface area contributed by atoms with Crippen molar-refractivity contribution in [3.63, 3.8) is 0 Å². The van der Waals surface area contributed by atoms with Crippen LogP contribution in [0.15, 0.2) is 42.5 Å². The van der Waals surface area contributed by atoms with Crippen LogP contribution in [0.1, 0.15) is 62.3 Å². The lowest BCUT2D eigenvalue weighted by Crippen LogP contribution is -2.35. The summed E-state index contributed by atoms with van der Waals surface area (Å²) in [5.74, 6) is 0.207. The highest BCUT2D eigenvalue weighted by atomic mass is 16.7. The van der Waals surface area contributed by atoms with E-state index in [1.54, 1.807) is 0 Å². The smallest absolute Gasteiger partial charge is 0.410 e. The maximum absolute atomic E-state index is 12.4. The highest BCUT2D eigenvalue weighted by Gasteiger charge is 2.33. The number of anilines is 1. The summed E-state index contributed by atoms with van der Waals surface area (Å²) in [5.41, 5.74) is 4.31. The molecule has 208 valence electrons. The Morgan fingerprint density at radius 1 is 1.00 bits per heavy atom. The number of hydrogen-bond acceptors (Lipinski definition) is 7. The molecule has 1 amide bonds. The van der Waals surface area contributed by atoms with Crippen LogP contribution in [-0.4, -0.2) is 63.8 Å². The van der Waals surface area contributed by atoms with Crippen LogP contribution in [0, 0.1) is 0 Å².